The van der Waals surface area contributed by atoms with Gasteiger partial charge in [-0.25, -0.2) is 4.98 Å². The molecule has 0 bridgehead atoms. The minimum Gasteiger partial charge on any atom is -0.310 e. The van der Waals surface area contributed by atoms with E-state index < -0.39 is 0 Å². The van der Waals surface area contributed by atoms with E-state index in [0.717, 1.165) is 83.9 Å². The van der Waals surface area contributed by atoms with Crippen molar-refractivity contribution in [2.75, 3.05) is 9.80 Å². The van der Waals surface area contributed by atoms with Crippen LogP contribution in [0.3, 0.4) is 0 Å². The van der Waals surface area contributed by atoms with Gasteiger partial charge in [-0.1, -0.05) is 97.1 Å². The van der Waals surface area contributed by atoms with Gasteiger partial charge in [0.2, 0.25) is 0 Å². The number of anilines is 6. The molecule has 55 heavy (non-hydrogen) atoms. The first-order valence-electron chi connectivity index (χ1n) is 18.5. The number of aromatic nitrogens is 3. The normalized spacial score (nSPS) is 11.3. The Hall–Kier alpha value is -7.50. The molecule has 0 aliphatic heterocycles. The molecule has 2 heterocycles. The minimum absolute atomic E-state index is 0.852. The summed E-state index contributed by atoms with van der Waals surface area (Å²) in [6.07, 6.45) is 1.86. The fourth-order valence-electron chi connectivity index (χ4n) is 7.64. The molecule has 10 aromatic rings. The third-order valence-corrected chi connectivity index (χ3v) is 10.2. The Labute approximate surface area is 319 Å². The van der Waals surface area contributed by atoms with Crippen LogP contribution in [0.1, 0.15) is 0 Å². The summed E-state index contributed by atoms with van der Waals surface area (Å²) in [5.41, 5.74) is 13.6. The SMILES string of the molecule is c1ccc(N(c2ccccc2)c2ccc3c(c2)c2cc(N(c4ccccc4)c4ccccc4)ccc2n3-c2ccc(-c3cnc4ccccc4n3)cc2)cc1. The van der Waals surface area contributed by atoms with Crippen molar-refractivity contribution < 1.29 is 0 Å². The maximum atomic E-state index is 4.91. The van der Waals surface area contributed by atoms with Gasteiger partial charge in [0.05, 0.1) is 34.0 Å². The molecule has 260 valence electrons. The zero-order valence-electron chi connectivity index (χ0n) is 29.9. The largest absolute Gasteiger partial charge is 0.310 e. The molecule has 10 rings (SSSR count). The summed E-state index contributed by atoms with van der Waals surface area (Å²) < 4.78 is 2.37. The van der Waals surface area contributed by atoms with E-state index >= 15 is 0 Å². The van der Waals surface area contributed by atoms with Gasteiger partial charge in [-0.15, -0.1) is 0 Å². The number of rotatable bonds is 8. The Kier molecular flexibility index (Phi) is 8.08. The molecular formula is C50H35N5. The van der Waals surface area contributed by atoms with Crippen LogP contribution in [0.15, 0.2) is 212 Å². The van der Waals surface area contributed by atoms with Gasteiger partial charge < -0.3 is 14.4 Å². The van der Waals surface area contributed by atoms with Crippen molar-refractivity contribution >= 4 is 67.0 Å². The van der Waals surface area contributed by atoms with E-state index in [1.165, 1.54) is 0 Å². The zero-order chi connectivity index (χ0) is 36.6. The quantitative estimate of drug-likeness (QED) is 0.158. The van der Waals surface area contributed by atoms with Gasteiger partial charge in [0.25, 0.3) is 0 Å². The van der Waals surface area contributed by atoms with Crippen molar-refractivity contribution in [3.05, 3.63) is 212 Å². The molecule has 0 saturated carbocycles. The van der Waals surface area contributed by atoms with Gasteiger partial charge in [-0.05, 0) is 109 Å². The van der Waals surface area contributed by atoms with Gasteiger partial charge in [-0.2, -0.15) is 0 Å². The van der Waals surface area contributed by atoms with E-state index in [1.807, 2.05) is 30.5 Å². The average Bonchev–Trinajstić information content (AvgIpc) is 3.58. The highest BCUT2D eigenvalue weighted by molar-refractivity contribution is 6.12. The second-order valence-electron chi connectivity index (χ2n) is 13.5. The summed E-state index contributed by atoms with van der Waals surface area (Å²) in [6, 6.07) is 72.7. The first-order chi connectivity index (χ1) is 27.3. The minimum atomic E-state index is 0.852. The van der Waals surface area contributed by atoms with Crippen LogP contribution in [0.2, 0.25) is 0 Å². The Morgan fingerprint density at radius 2 is 0.782 bits per heavy atom. The first kappa shape index (κ1) is 32.2. The average molecular weight is 706 g/mol. The number of hydrogen-bond acceptors (Lipinski definition) is 4. The lowest BCUT2D eigenvalue weighted by atomic mass is 10.1. The number of hydrogen-bond donors (Lipinski definition) is 0. The van der Waals surface area contributed by atoms with Crippen LogP contribution >= 0.6 is 0 Å². The lowest BCUT2D eigenvalue weighted by Gasteiger charge is -2.26. The van der Waals surface area contributed by atoms with E-state index in [9.17, 15) is 0 Å². The third kappa shape index (κ3) is 5.94. The fourth-order valence-corrected chi connectivity index (χ4v) is 7.64. The van der Waals surface area contributed by atoms with Crippen LogP contribution in [-0.2, 0) is 0 Å². The second-order valence-corrected chi connectivity index (χ2v) is 13.5. The van der Waals surface area contributed by atoms with Crippen LogP contribution < -0.4 is 9.80 Å². The van der Waals surface area contributed by atoms with E-state index in [1.54, 1.807) is 0 Å². The number of benzene rings is 8. The summed E-state index contributed by atoms with van der Waals surface area (Å²) in [4.78, 5) is 14.2. The summed E-state index contributed by atoms with van der Waals surface area (Å²) in [5.74, 6) is 0. The van der Waals surface area contributed by atoms with Crippen LogP contribution in [0.25, 0.3) is 49.8 Å². The van der Waals surface area contributed by atoms with Gasteiger partial charge in [-0.3, -0.25) is 4.98 Å². The van der Waals surface area contributed by atoms with Crippen molar-refractivity contribution in [2.24, 2.45) is 0 Å². The molecule has 0 aliphatic carbocycles. The topological polar surface area (TPSA) is 37.2 Å². The Morgan fingerprint density at radius 3 is 1.24 bits per heavy atom. The molecule has 0 unspecified atom stereocenters. The molecule has 5 heteroatoms. The Bertz CT molecular complexity index is 2690. The highest BCUT2D eigenvalue weighted by Gasteiger charge is 2.20. The molecule has 0 aliphatic rings. The van der Waals surface area contributed by atoms with E-state index in [4.69, 9.17) is 4.98 Å². The van der Waals surface area contributed by atoms with E-state index in [-0.39, 0.29) is 0 Å². The van der Waals surface area contributed by atoms with Gasteiger partial charge >= 0.3 is 0 Å². The van der Waals surface area contributed by atoms with Crippen molar-refractivity contribution in [1.82, 2.24) is 14.5 Å². The van der Waals surface area contributed by atoms with Crippen molar-refractivity contribution in [1.29, 1.82) is 0 Å². The summed E-state index contributed by atoms with van der Waals surface area (Å²) in [6.45, 7) is 0. The number of fused-ring (bicyclic) bond motifs is 4. The predicted octanol–water partition coefficient (Wildman–Crippen LogP) is 13.3. The standard InChI is InChI=1S/C50H35N5/c1-5-15-37(16-6-1)53(38-17-7-2-8-18-38)42-29-31-49-44(33-42)45-34-43(54(39-19-9-3-10-20-39)40-21-11-4-12-22-40)30-32-50(45)55(49)41-27-25-36(26-28-41)48-35-51-46-23-13-14-24-47(46)52-48/h1-35H. The van der Waals surface area contributed by atoms with Crippen LogP contribution in [0, 0.1) is 0 Å². The molecule has 2 aromatic heterocycles. The van der Waals surface area contributed by atoms with Gasteiger partial charge in [0, 0.05) is 56.1 Å². The number of para-hydroxylation sites is 6. The zero-order valence-corrected chi connectivity index (χ0v) is 29.9. The molecule has 0 radical (unpaired) electrons. The Balaban J connectivity index is 1.17. The van der Waals surface area contributed by atoms with Crippen LogP contribution in [-0.4, -0.2) is 14.5 Å². The highest BCUT2D eigenvalue weighted by atomic mass is 15.1. The second kappa shape index (κ2) is 13.8. The Morgan fingerprint density at radius 1 is 0.364 bits per heavy atom. The molecule has 0 fully saturated rings. The van der Waals surface area contributed by atoms with Crippen LogP contribution in [0.4, 0.5) is 34.1 Å². The smallest absolute Gasteiger partial charge is 0.0894 e. The van der Waals surface area contributed by atoms with Crippen molar-refractivity contribution in [3.63, 3.8) is 0 Å². The summed E-state index contributed by atoms with van der Waals surface area (Å²) in [7, 11) is 0. The van der Waals surface area contributed by atoms with Crippen molar-refractivity contribution in [3.8, 4) is 16.9 Å². The lowest BCUT2D eigenvalue weighted by Crippen LogP contribution is -2.09. The van der Waals surface area contributed by atoms with Gasteiger partial charge in [0.1, 0.15) is 0 Å². The maximum absolute atomic E-state index is 4.91. The molecular weight excluding hydrogens is 671 g/mol. The summed E-state index contributed by atoms with van der Waals surface area (Å²) >= 11 is 0. The van der Waals surface area contributed by atoms with E-state index in [0.29, 0.717) is 0 Å². The number of nitrogens with zero attached hydrogens (tertiary/aromatic N) is 5. The molecule has 0 saturated heterocycles. The first-order valence-corrected chi connectivity index (χ1v) is 18.5. The highest BCUT2D eigenvalue weighted by Crippen LogP contribution is 2.42. The van der Waals surface area contributed by atoms with Crippen molar-refractivity contribution in [2.45, 2.75) is 0 Å². The molecule has 0 atom stereocenters. The van der Waals surface area contributed by atoms with Gasteiger partial charge in [0.15, 0.2) is 0 Å². The van der Waals surface area contributed by atoms with E-state index in [2.05, 4.69) is 201 Å². The molecule has 5 nitrogen and oxygen atoms in total. The lowest BCUT2D eigenvalue weighted by molar-refractivity contribution is 1.18. The fraction of sp³-hybridized carbons (Fsp3) is 0. The molecule has 0 N–H and O–H groups in total. The van der Waals surface area contributed by atoms with Crippen LogP contribution in [0.5, 0.6) is 0 Å². The molecule has 8 aromatic carbocycles. The maximum Gasteiger partial charge on any atom is 0.0894 e. The summed E-state index contributed by atoms with van der Waals surface area (Å²) in [5, 5.41) is 2.33. The molecule has 0 spiro atoms. The predicted molar refractivity (Wildman–Crippen MR) is 229 cm³/mol. The monoisotopic (exact) mass is 705 g/mol. The molecule has 0 amide bonds. The third-order valence-electron chi connectivity index (χ3n) is 10.2.